The molecule has 0 saturated heterocycles. The van der Waals surface area contributed by atoms with Gasteiger partial charge in [-0.05, 0) is 52.4 Å². The molecule has 0 aliphatic rings. The second kappa shape index (κ2) is 16.3. The van der Waals surface area contributed by atoms with Gasteiger partial charge in [0.2, 0.25) is 11.8 Å². The monoisotopic (exact) mass is 358 g/mol. The Morgan fingerprint density at radius 2 is 1.36 bits per heavy atom. The summed E-state index contributed by atoms with van der Waals surface area (Å²) in [5.74, 6) is 0.138. The van der Waals surface area contributed by atoms with Crippen LogP contribution in [0.1, 0.15) is 66.2 Å². The number of unbranched alkanes of at least 4 members (excludes halogenated alkanes) is 4. The van der Waals surface area contributed by atoms with Crippen LogP contribution in [0.5, 0.6) is 0 Å². The molecule has 0 aliphatic heterocycles. The number of ether oxygens (including phenoxy) is 2. The van der Waals surface area contributed by atoms with Gasteiger partial charge in [0.25, 0.3) is 0 Å². The fourth-order valence-electron chi connectivity index (χ4n) is 2.05. The number of nitrogens with one attached hydrogen (secondary N) is 2. The molecule has 0 saturated carbocycles. The van der Waals surface area contributed by atoms with E-state index >= 15 is 0 Å². The van der Waals surface area contributed by atoms with Gasteiger partial charge in [-0.2, -0.15) is 0 Å². The predicted molar refractivity (Wildman–Crippen MR) is 100 cm³/mol. The number of hydrogen-bond donors (Lipinski definition) is 2. The summed E-state index contributed by atoms with van der Waals surface area (Å²) in [6.07, 6.45) is 6.22. The Morgan fingerprint density at radius 1 is 0.800 bits per heavy atom. The van der Waals surface area contributed by atoms with Gasteiger partial charge >= 0.3 is 0 Å². The lowest BCUT2D eigenvalue weighted by molar-refractivity contribution is -0.127. The maximum atomic E-state index is 11.4. The molecule has 0 heterocycles. The van der Waals surface area contributed by atoms with E-state index in [1.165, 1.54) is 0 Å². The lowest BCUT2D eigenvalue weighted by Crippen LogP contribution is -2.29. The minimum Gasteiger partial charge on any atom is -0.381 e. The summed E-state index contributed by atoms with van der Waals surface area (Å²) in [6, 6.07) is 0. The second-order valence-electron chi connectivity index (χ2n) is 6.89. The van der Waals surface area contributed by atoms with E-state index in [-0.39, 0.29) is 30.4 Å². The van der Waals surface area contributed by atoms with Crippen LogP contribution in [0, 0.1) is 5.92 Å². The van der Waals surface area contributed by atoms with Crippen LogP contribution in [0.15, 0.2) is 0 Å². The average Bonchev–Trinajstić information content (AvgIpc) is 2.56. The van der Waals surface area contributed by atoms with Crippen molar-refractivity contribution in [2.24, 2.45) is 5.92 Å². The van der Waals surface area contributed by atoms with Gasteiger partial charge in [-0.1, -0.05) is 13.8 Å². The van der Waals surface area contributed by atoms with Crippen molar-refractivity contribution >= 4 is 11.8 Å². The molecule has 0 unspecified atom stereocenters. The van der Waals surface area contributed by atoms with Crippen LogP contribution in [0.4, 0.5) is 0 Å². The van der Waals surface area contributed by atoms with Crippen LogP contribution < -0.4 is 10.6 Å². The molecule has 0 rings (SSSR count). The SMILES string of the molecule is CC(C)OCC(=O)NCCCCCOCCCCCNC(=O)C(C)C. The largest absolute Gasteiger partial charge is 0.381 e. The zero-order chi connectivity index (χ0) is 18.9. The van der Waals surface area contributed by atoms with E-state index in [4.69, 9.17) is 9.47 Å². The van der Waals surface area contributed by atoms with Crippen molar-refractivity contribution in [1.29, 1.82) is 0 Å². The van der Waals surface area contributed by atoms with E-state index in [0.29, 0.717) is 6.54 Å². The molecule has 0 atom stereocenters. The summed E-state index contributed by atoms with van der Waals surface area (Å²) in [5, 5.41) is 5.77. The summed E-state index contributed by atoms with van der Waals surface area (Å²) in [6.45, 7) is 10.8. The van der Waals surface area contributed by atoms with Gasteiger partial charge in [0, 0.05) is 32.2 Å². The molecule has 0 radical (unpaired) electrons. The van der Waals surface area contributed by atoms with E-state index in [1.807, 2.05) is 27.7 Å². The molecule has 6 heteroatoms. The first kappa shape index (κ1) is 23.9. The lowest BCUT2D eigenvalue weighted by atomic mass is 10.2. The maximum Gasteiger partial charge on any atom is 0.246 e. The molecule has 0 spiro atoms. The molecule has 0 aromatic carbocycles. The standard InChI is InChI=1S/C19H38N2O4/c1-16(2)19(23)21-12-8-6-10-14-24-13-9-5-7-11-20-18(22)15-25-17(3)4/h16-17H,5-15H2,1-4H3,(H,20,22)(H,21,23). The summed E-state index contributed by atoms with van der Waals surface area (Å²) < 4.78 is 10.8. The number of carbonyl (C=O) groups is 2. The van der Waals surface area contributed by atoms with Crippen LogP contribution in [-0.4, -0.2) is 50.8 Å². The van der Waals surface area contributed by atoms with E-state index in [2.05, 4.69) is 10.6 Å². The van der Waals surface area contributed by atoms with Crippen molar-refractivity contribution in [3.63, 3.8) is 0 Å². The first-order chi connectivity index (χ1) is 11.9. The summed E-state index contributed by atoms with van der Waals surface area (Å²) in [7, 11) is 0. The number of hydrogen-bond acceptors (Lipinski definition) is 4. The number of carbonyl (C=O) groups excluding carboxylic acids is 2. The highest BCUT2D eigenvalue weighted by Crippen LogP contribution is 1.99. The molecule has 25 heavy (non-hydrogen) atoms. The normalized spacial score (nSPS) is 11.1. The highest BCUT2D eigenvalue weighted by molar-refractivity contribution is 5.77. The van der Waals surface area contributed by atoms with E-state index in [9.17, 15) is 9.59 Å². The van der Waals surface area contributed by atoms with Crippen molar-refractivity contribution < 1.29 is 19.1 Å². The summed E-state index contributed by atoms with van der Waals surface area (Å²) in [5.41, 5.74) is 0. The average molecular weight is 359 g/mol. The number of amides is 2. The molecule has 2 N–H and O–H groups in total. The van der Waals surface area contributed by atoms with Gasteiger partial charge in [-0.15, -0.1) is 0 Å². The molecule has 0 aliphatic carbocycles. The van der Waals surface area contributed by atoms with Gasteiger partial charge < -0.3 is 20.1 Å². The van der Waals surface area contributed by atoms with E-state index < -0.39 is 0 Å². The highest BCUT2D eigenvalue weighted by atomic mass is 16.5. The minimum atomic E-state index is -0.0467. The Bertz CT molecular complexity index is 346. The summed E-state index contributed by atoms with van der Waals surface area (Å²) in [4.78, 5) is 22.8. The first-order valence-corrected chi connectivity index (χ1v) is 9.67. The molecular formula is C19H38N2O4. The van der Waals surface area contributed by atoms with Crippen molar-refractivity contribution in [3.05, 3.63) is 0 Å². The first-order valence-electron chi connectivity index (χ1n) is 9.67. The molecule has 0 aromatic rings. The Labute approximate surface area is 153 Å². The third-order valence-corrected chi connectivity index (χ3v) is 3.62. The van der Waals surface area contributed by atoms with E-state index in [1.54, 1.807) is 0 Å². The Kier molecular flexibility index (Phi) is 15.6. The second-order valence-corrected chi connectivity index (χ2v) is 6.89. The third kappa shape index (κ3) is 17.5. The molecule has 0 aromatic heterocycles. The van der Waals surface area contributed by atoms with Gasteiger partial charge in [0.1, 0.15) is 6.61 Å². The Balaban J connectivity index is 3.19. The van der Waals surface area contributed by atoms with Crippen LogP contribution in [0.3, 0.4) is 0 Å². The molecule has 6 nitrogen and oxygen atoms in total. The van der Waals surface area contributed by atoms with E-state index in [0.717, 1.165) is 58.3 Å². The minimum absolute atomic E-state index is 0.0467. The van der Waals surface area contributed by atoms with Crippen LogP contribution in [0.2, 0.25) is 0 Å². The fraction of sp³-hybridized carbons (Fsp3) is 0.895. The number of rotatable bonds is 16. The van der Waals surface area contributed by atoms with Crippen molar-refractivity contribution in [3.8, 4) is 0 Å². The topological polar surface area (TPSA) is 76.7 Å². The van der Waals surface area contributed by atoms with Crippen molar-refractivity contribution in [2.45, 2.75) is 72.3 Å². The Hall–Kier alpha value is -1.14. The fourth-order valence-corrected chi connectivity index (χ4v) is 2.05. The molecule has 0 bridgehead atoms. The molecule has 0 fully saturated rings. The highest BCUT2D eigenvalue weighted by Gasteiger charge is 2.04. The lowest BCUT2D eigenvalue weighted by Gasteiger charge is -2.09. The quantitative estimate of drug-likeness (QED) is 0.416. The van der Waals surface area contributed by atoms with Crippen LogP contribution >= 0.6 is 0 Å². The zero-order valence-corrected chi connectivity index (χ0v) is 16.6. The van der Waals surface area contributed by atoms with Crippen molar-refractivity contribution in [2.75, 3.05) is 32.9 Å². The third-order valence-electron chi connectivity index (χ3n) is 3.62. The maximum absolute atomic E-state index is 11.4. The van der Waals surface area contributed by atoms with Gasteiger partial charge in [-0.25, -0.2) is 0 Å². The smallest absolute Gasteiger partial charge is 0.246 e. The van der Waals surface area contributed by atoms with Gasteiger partial charge in [0.05, 0.1) is 6.10 Å². The molecule has 148 valence electrons. The van der Waals surface area contributed by atoms with Crippen LogP contribution in [-0.2, 0) is 19.1 Å². The van der Waals surface area contributed by atoms with Gasteiger partial charge in [0.15, 0.2) is 0 Å². The van der Waals surface area contributed by atoms with Crippen molar-refractivity contribution in [1.82, 2.24) is 10.6 Å². The van der Waals surface area contributed by atoms with Gasteiger partial charge in [-0.3, -0.25) is 9.59 Å². The van der Waals surface area contributed by atoms with Crippen LogP contribution in [0.25, 0.3) is 0 Å². The molecular weight excluding hydrogens is 320 g/mol. The zero-order valence-electron chi connectivity index (χ0n) is 16.6. The predicted octanol–water partition coefficient (Wildman–Crippen LogP) is 2.66. The Morgan fingerprint density at radius 3 is 1.88 bits per heavy atom. The summed E-state index contributed by atoms with van der Waals surface area (Å²) >= 11 is 0. The molecule has 2 amide bonds.